The second kappa shape index (κ2) is 15.6. The molecule has 0 aliphatic rings. The van der Waals surface area contributed by atoms with Crippen LogP contribution in [0.2, 0.25) is 0 Å². The first-order valence-corrected chi connectivity index (χ1v) is 9.99. The lowest BCUT2D eigenvalue weighted by Crippen LogP contribution is -2.32. The molecule has 0 aliphatic carbocycles. The van der Waals surface area contributed by atoms with Crippen LogP contribution in [0.3, 0.4) is 0 Å². The van der Waals surface area contributed by atoms with Crippen LogP contribution in [0, 0.1) is 5.41 Å². The van der Waals surface area contributed by atoms with Crippen molar-refractivity contribution in [2.45, 2.75) is 39.3 Å². The van der Waals surface area contributed by atoms with E-state index in [0.717, 1.165) is 24.3 Å². The highest BCUT2D eigenvalue weighted by atomic mass is 16.7. The SMILES string of the molecule is C=CC(=O)OC(COC(=O)CC(C)(C)CC(=O)OCC(OC(=O)C=C)OC(=O)C=C)OC(=O)C=C. The highest BCUT2D eigenvalue weighted by Gasteiger charge is 2.29. The van der Waals surface area contributed by atoms with Gasteiger partial charge in [-0.3, -0.25) is 9.59 Å². The Balaban J connectivity index is 4.83. The van der Waals surface area contributed by atoms with Crippen molar-refractivity contribution in [2.24, 2.45) is 5.41 Å². The average Bonchev–Trinajstić information content (AvgIpc) is 2.79. The van der Waals surface area contributed by atoms with E-state index in [1.54, 1.807) is 13.8 Å². The molecule has 0 bridgehead atoms. The summed E-state index contributed by atoms with van der Waals surface area (Å²) in [6, 6.07) is 0. The van der Waals surface area contributed by atoms with Crippen molar-refractivity contribution in [1.82, 2.24) is 0 Å². The summed E-state index contributed by atoms with van der Waals surface area (Å²) in [5.41, 5.74) is -0.968. The van der Waals surface area contributed by atoms with Crippen molar-refractivity contribution in [3.05, 3.63) is 50.6 Å². The molecule has 0 saturated heterocycles. The summed E-state index contributed by atoms with van der Waals surface area (Å²) in [5.74, 6) is -5.25. The van der Waals surface area contributed by atoms with Crippen molar-refractivity contribution >= 4 is 35.8 Å². The van der Waals surface area contributed by atoms with Crippen LogP contribution in [0.25, 0.3) is 0 Å². The van der Waals surface area contributed by atoms with Crippen molar-refractivity contribution in [3.63, 3.8) is 0 Å². The monoisotopic (exact) mass is 496 g/mol. The van der Waals surface area contributed by atoms with Gasteiger partial charge in [-0.15, -0.1) is 0 Å². The van der Waals surface area contributed by atoms with E-state index in [4.69, 9.17) is 28.4 Å². The van der Waals surface area contributed by atoms with Gasteiger partial charge in [0.05, 0.1) is 12.8 Å². The van der Waals surface area contributed by atoms with E-state index in [9.17, 15) is 28.8 Å². The zero-order valence-electron chi connectivity index (χ0n) is 19.5. The predicted octanol–water partition coefficient (Wildman–Crippen LogP) is 1.45. The molecule has 12 nitrogen and oxygen atoms in total. The van der Waals surface area contributed by atoms with Gasteiger partial charge in [0.15, 0.2) is 13.2 Å². The maximum Gasteiger partial charge on any atom is 0.333 e. The third-order valence-electron chi connectivity index (χ3n) is 3.66. The van der Waals surface area contributed by atoms with Gasteiger partial charge in [-0.25, -0.2) is 19.2 Å². The van der Waals surface area contributed by atoms with E-state index < -0.39 is 67.0 Å². The first kappa shape index (κ1) is 30.8. The molecule has 0 aromatic rings. The highest BCUT2D eigenvalue weighted by Crippen LogP contribution is 2.26. The lowest BCUT2D eigenvalue weighted by atomic mass is 9.86. The second-order valence-corrected chi connectivity index (χ2v) is 7.31. The Kier molecular flexibility index (Phi) is 13.7. The van der Waals surface area contributed by atoms with Crippen molar-refractivity contribution in [2.75, 3.05) is 13.2 Å². The standard InChI is InChI=1S/C23H28O12/c1-7-15(24)32-21(33-16(25)8-2)13-30-19(28)11-23(5,6)12-20(29)31-14-22(34-17(26)9-3)35-18(27)10-4/h7-10,21-22H,1-4,11-14H2,5-6H3. The molecular weight excluding hydrogens is 468 g/mol. The Bertz CT molecular complexity index is 743. The zero-order chi connectivity index (χ0) is 27.0. The Morgan fingerprint density at radius 1 is 0.600 bits per heavy atom. The molecular formula is C23H28O12. The van der Waals surface area contributed by atoms with Gasteiger partial charge in [0.25, 0.3) is 12.6 Å². The molecule has 0 heterocycles. The van der Waals surface area contributed by atoms with Gasteiger partial charge < -0.3 is 28.4 Å². The van der Waals surface area contributed by atoms with Crippen LogP contribution >= 0.6 is 0 Å². The van der Waals surface area contributed by atoms with Crippen LogP contribution in [0.4, 0.5) is 0 Å². The Hall–Kier alpha value is -4.22. The van der Waals surface area contributed by atoms with E-state index >= 15 is 0 Å². The third kappa shape index (κ3) is 14.5. The molecule has 12 heteroatoms. The summed E-state index contributed by atoms with van der Waals surface area (Å²) in [7, 11) is 0. The largest absolute Gasteiger partial charge is 0.458 e. The minimum atomic E-state index is -1.53. The predicted molar refractivity (Wildman–Crippen MR) is 118 cm³/mol. The van der Waals surface area contributed by atoms with Crippen LogP contribution in [0.5, 0.6) is 0 Å². The molecule has 0 unspecified atom stereocenters. The maximum atomic E-state index is 12.2. The fourth-order valence-electron chi connectivity index (χ4n) is 2.16. The fraction of sp³-hybridized carbons (Fsp3) is 0.391. The van der Waals surface area contributed by atoms with Gasteiger partial charge in [-0.1, -0.05) is 40.2 Å². The average molecular weight is 496 g/mol. The molecule has 35 heavy (non-hydrogen) atoms. The fourth-order valence-corrected chi connectivity index (χ4v) is 2.16. The molecule has 0 spiro atoms. The van der Waals surface area contributed by atoms with Crippen LogP contribution in [-0.4, -0.2) is 61.6 Å². The Labute approximate surface area is 202 Å². The van der Waals surface area contributed by atoms with Crippen LogP contribution in [0.1, 0.15) is 26.7 Å². The normalized spacial score (nSPS) is 10.4. The number of rotatable bonds is 16. The third-order valence-corrected chi connectivity index (χ3v) is 3.66. The molecule has 0 radical (unpaired) electrons. The van der Waals surface area contributed by atoms with Crippen molar-refractivity contribution < 1.29 is 57.2 Å². The van der Waals surface area contributed by atoms with E-state index in [2.05, 4.69) is 26.3 Å². The van der Waals surface area contributed by atoms with Crippen LogP contribution in [-0.2, 0) is 57.2 Å². The molecule has 0 aromatic carbocycles. The molecule has 0 N–H and O–H groups in total. The van der Waals surface area contributed by atoms with Crippen LogP contribution < -0.4 is 0 Å². The van der Waals surface area contributed by atoms with Gasteiger partial charge in [0.1, 0.15) is 0 Å². The van der Waals surface area contributed by atoms with E-state index in [1.165, 1.54) is 0 Å². The Morgan fingerprint density at radius 3 is 1.09 bits per heavy atom. The van der Waals surface area contributed by atoms with E-state index in [0.29, 0.717) is 0 Å². The topological polar surface area (TPSA) is 158 Å². The van der Waals surface area contributed by atoms with Gasteiger partial charge >= 0.3 is 35.8 Å². The molecule has 192 valence electrons. The Morgan fingerprint density at radius 2 is 0.857 bits per heavy atom. The first-order valence-electron chi connectivity index (χ1n) is 9.99. The smallest absolute Gasteiger partial charge is 0.333 e. The summed E-state index contributed by atoms with van der Waals surface area (Å²) in [6.07, 6.45) is -0.314. The van der Waals surface area contributed by atoms with Crippen molar-refractivity contribution in [1.29, 1.82) is 0 Å². The summed E-state index contributed by atoms with van der Waals surface area (Å²) in [6.45, 7) is 14.7. The summed E-state index contributed by atoms with van der Waals surface area (Å²) >= 11 is 0. The minimum Gasteiger partial charge on any atom is -0.458 e. The van der Waals surface area contributed by atoms with Crippen molar-refractivity contribution in [3.8, 4) is 0 Å². The number of ether oxygens (including phenoxy) is 6. The highest BCUT2D eigenvalue weighted by molar-refractivity contribution is 5.83. The quantitative estimate of drug-likeness (QED) is 0.131. The molecule has 0 aromatic heterocycles. The molecule has 0 amide bonds. The van der Waals surface area contributed by atoms with E-state index in [-0.39, 0.29) is 12.8 Å². The molecule has 0 fully saturated rings. The molecule has 0 atom stereocenters. The van der Waals surface area contributed by atoms with Gasteiger partial charge in [-0.2, -0.15) is 0 Å². The zero-order valence-corrected chi connectivity index (χ0v) is 19.5. The number of esters is 6. The maximum absolute atomic E-state index is 12.2. The number of hydrogen-bond acceptors (Lipinski definition) is 12. The number of hydrogen-bond donors (Lipinski definition) is 0. The number of carbonyl (C=O) groups is 6. The molecule has 0 rings (SSSR count). The molecule has 0 saturated carbocycles. The minimum absolute atomic E-state index is 0.278. The van der Waals surface area contributed by atoms with E-state index in [1.807, 2.05) is 0 Å². The van der Waals surface area contributed by atoms with Gasteiger partial charge in [-0.05, 0) is 5.41 Å². The van der Waals surface area contributed by atoms with Gasteiger partial charge in [0.2, 0.25) is 0 Å². The first-order chi connectivity index (χ1) is 16.3. The second-order valence-electron chi connectivity index (χ2n) is 7.31. The number of carbonyl (C=O) groups excluding carboxylic acids is 6. The van der Waals surface area contributed by atoms with Gasteiger partial charge in [0, 0.05) is 24.3 Å². The summed E-state index contributed by atoms with van der Waals surface area (Å²) < 4.78 is 29.0. The summed E-state index contributed by atoms with van der Waals surface area (Å²) in [4.78, 5) is 69.7. The lowest BCUT2D eigenvalue weighted by molar-refractivity contribution is -0.194. The molecule has 0 aliphatic heterocycles. The lowest BCUT2D eigenvalue weighted by Gasteiger charge is -2.24. The van der Waals surface area contributed by atoms with Crippen LogP contribution in [0.15, 0.2) is 50.6 Å². The summed E-state index contributed by atoms with van der Waals surface area (Å²) in [5, 5.41) is 0.